The molecule has 1 aromatic heterocycles. The van der Waals surface area contributed by atoms with Crippen LogP contribution in [0.3, 0.4) is 0 Å². The zero-order valence-corrected chi connectivity index (χ0v) is 11.7. The van der Waals surface area contributed by atoms with E-state index in [1.54, 1.807) is 0 Å². The molecule has 1 aliphatic rings. The number of aryl methyl sites for hydroxylation is 1. The standard InChI is InChI=1S/C14H25N3O/c1-4-9-17-12(6-8-16-17)13(15-5-2)14-11(3)7-10-18-14/h6,8,11,13-15H,4-5,7,9-10H2,1-3H3. The van der Waals surface area contributed by atoms with Gasteiger partial charge in [0.25, 0.3) is 0 Å². The van der Waals surface area contributed by atoms with Crippen LogP contribution in [0.5, 0.6) is 0 Å². The minimum Gasteiger partial charge on any atom is -0.376 e. The molecule has 0 spiro atoms. The van der Waals surface area contributed by atoms with Crippen molar-refractivity contribution in [2.75, 3.05) is 13.2 Å². The van der Waals surface area contributed by atoms with Crippen molar-refractivity contribution < 1.29 is 4.74 Å². The van der Waals surface area contributed by atoms with Crippen LogP contribution < -0.4 is 5.32 Å². The van der Waals surface area contributed by atoms with Crippen molar-refractivity contribution in [2.45, 2.75) is 52.3 Å². The average Bonchev–Trinajstić information content (AvgIpc) is 2.96. The van der Waals surface area contributed by atoms with E-state index in [1.807, 2.05) is 6.20 Å². The lowest BCUT2D eigenvalue weighted by atomic mass is 9.95. The summed E-state index contributed by atoms with van der Waals surface area (Å²) >= 11 is 0. The van der Waals surface area contributed by atoms with E-state index < -0.39 is 0 Å². The van der Waals surface area contributed by atoms with E-state index in [-0.39, 0.29) is 12.1 Å². The summed E-state index contributed by atoms with van der Waals surface area (Å²) < 4.78 is 8.05. The van der Waals surface area contributed by atoms with E-state index in [2.05, 4.69) is 41.9 Å². The van der Waals surface area contributed by atoms with Gasteiger partial charge in [-0.15, -0.1) is 0 Å². The number of hydrogen-bond donors (Lipinski definition) is 1. The highest BCUT2D eigenvalue weighted by Gasteiger charge is 2.34. The van der Waals surface area contributed by atoms with Gasteiger partial charge in [-0.05, 0) is 31.4 Å². The highest BCUT2D eigenvalue weighted by Crippen LogP contribution is 2.31. The van der Waals surface area contributed by atoms with Crippen molar-refractivity contribution in [1.82, 2.24) is 15.1 Å². The zero-order chi connectivity index (χ0) is 13.0. The van der Waals surface area contributed by atoms with Crippen LogP contribution >= 0.6 is 0 Å². The fraction of sp³-hybridized carbons (Fsp3) is 0.786. The third-order valence-corrected chi connectivity index (χ3v) is 3.70. The first-order valence-corrected chi connectivity index (χ1v) is 7.14. The van der Waals surface area contributed by atoms with Gasteiger partial charge in [-0.1, -0.05) is 20.8 Å². The maximum absolute atomic E-state index is 5.93. The molecule has 1 N–H and O–H groups in total. The van der Waals surface area contributed by atoms with Crippen LogP contribution in [0, 0.1) is 5.92 Å². The molecule has 2 rings (SSSR count). The molecule has 4 nitrogen and oxygen atoms in total. The Morgan fingerprint density at radius 3 is 3.00 bits per heavy atom. The highest BCUT2D eigenvalue weighted by atomic mass is 16.5. The molecule has 0 saturated carbocycles. The molecule has 2 heterocycles. The summed E-state index contributed by atoms with van der Waals surface area (Å²) in [5.74, 6) is 0.610. The number of ether oxygens (including phenoxy) is 1. The minimum atomic E-state index is 0.265. The fourth-order valence-corrected chi connectivity index (χ4v) is 2.76. The molecule has 1 saturated heterocycles. The van der Waals surface area contributed by atoms with Crippen molar-refractivity contribution in [3.63, 3.8) is 0 Å². The second kappa shape index (κ2) is 6.34. The van der Waals surface area contributed by atoms with Gasteiger partial charge < -0.3 is 10.1 Å². The second-order valence-electron chi connectivity index (χ2n) is 5.12. The largest absolute Gasteiger partial charge is 0.376 e. The summed E-state index contributed by atoms with van der Waals surface area (Å²) in [4.78, 5) is 0. The number of nitrogens with one attached hydrogen (secondary N) is 1. The molecular formula is C14H25N3O. The van der Waals surface area contributed by atoms with E-state index >= 15 is 0 Å². The van der Waals surface area contributed by atoms with Gasteiger partial charge in [0, 0.05) is 19.3 Å². The number of aromatic nitrogens is 2. The fourth-order valence-electron chi connectivity index (χ4n) is 2.76. The first kappa shape index (κ1) is 13.6. The normalized spacial score (nSPS) is 25.5. The molecule has 1 fully saturated rings. The summed E-state index contributed by atoms with van der Waals surface area (Å²) in [7, 11) is 0. The monoisotopic (exact) mass is 251 g/mol. The molecule has 18 heavy (non-hydrogen) atoms. The predicted molar refractivity (Wildman–Crippen MR) is 72.5 cm³/mol. The number of hydrogen-bond acceptors (Lipinski definition) is 3. The van der Waals surface area contributed by atoms with Gasteiger partial charge in [-0.25, -0.2) is 0 Å². The summed E-state index contributed by atoms with van der Waals surface area (Å²) in [6.07, 6.45) is 4.44. The smallest absolute Gasteiger partial charge is 0.0811 e. The van der Waals surface area contributed by atoms with Crippen LogP contribution in [0.25, 0.3) is 0 Å². The Morgan fingerprint density at radius 2 is 2.39 bits per heavy atom. The predicted octanol–water partition coefficient (Wildman–Crippen LogP) is 2.37. The van der Waals surface area contributed by atoms with Crippen molar-refractivity contribution in [3.8, 4) is 0 Å². The van der Waals surface area contributed by atoms with E-state index in [4.69, 9.17) is 4.74 Å². The summed E-state index contributed by atoms with van der Waals surface area (Å²) in [6.45, 7) is 9.42. The van der Waals surface area contributed by atoms with Gasteiger partial charge in [0.15, 0.2) is 0 Å². The van der Waals surface area contributed by atoms with Crippen LogP contribution in [-0.4, -0.2) is 29.0 Å². The molecular weight excluding hydrogens is 226 g/mol. The first-order chi connectivity index (χ1) is 8.77. The van der Waals surface area contributed by atoms with Crippen molar-refractivity contribution in [1.29, 1.82) is 0 Å². The maximum atomic E-state index is 5.93. The summed E-state index contributed by atoms with van der Waals surface area (Å²) in [5, 5.41) is 8.00. The number of rotatable bonds is 6. The Labute approximate surface area is 110 Å². The molecule has 0 amide bonds. The average molecular weight is 251 g/mol. The van der Waals surface area contributed by atoms with E-state index in [1.165, 1.54) is 5.69 Å². The van der Waals surface area contributed by atoms with Crippen LogP contribution in [-0.2, 0) is 11.3 Å². The molecule has 3 atom stereocenters. The van der Waals surface area contributed by atoms with Crippen molar-refractivity contribution in [3.05, 3.63) is 18.0 Å². The Morgan fingerprint density at radius 1 is 1.56 bits per heavy atom. The Bertz CT molecular complexity index is 364. The van der Waals surface area contributed by atoms with Gasteiger partial charge in [0.05, 0.1) is 17.8 Å². The molecule has 1 aliphatic heterocycles. The van der Waals surface area contributed by atoms with Crippen LogP contribution in [0.4, 0.5) is 0 Å². The minimum absolute atomic E-state index is 0.265. The molecule has 4 heteroatoms. The summed E-state index contributed by atoms with van der Waals surface area (Å²) in [5.41, 5.74) is 1.26. The van der Waals surface area contributed by atoms with Crippen LogP contribution in [0.1, 0.15) is 45.3 Å². The summed E-state index contributed by atoms with van der Waals surface area (Å²) in [6, 6.07) is 2.39. The number of nitrogens with zero attached hydrogens (tertiary/aromatic N) is 2. The molecule has 102 valence electrons. The van der Waals surface area contributed by atoms with E-state index in [0.717, 1.165) is 32.5 Å². The molecule has 3 unspecified atom stereocenters. The third kappa shape index (κ3) is 2.75. The Hall–Kier alpha value is -0.870. The van der Waals surface area contributed by atoms with Crippen molar-refractivity contribution in [2.24, 2.45) is 5.92 Å². The van der Waals surface area contributed by atoms with Gasteiger partial charge in [-0.2, -0.15) is 5.10 Å². The van der Waals surface area contributed by atoms with E-state index in [9.17, 15) is 0 Å². The molecule has 0 aromatic carbocycles. The zero-order valence-electron chi connectivity index (χ0n) is 11.7. The Balaban J connectivity index is 2.20. The van der Waals surface area contributed by atoms with Gasteiger partial charge in [0.1, 0.15) is 0 Å². The molecule has 0 aliphatic carbocycles. The van der Waals surface area contributed by atoms with E-state index in [0.29, 0.717) is 5.92 Å². The third-order valence-electron chi connectivity index (χ3n) is 3.70. The van der Waals surface area contributed by atoms with Crippen molar-refractivity contribution >= 4 is 0 Å². The SMILES string of the molecule is CCCn1nccc1C(NCC)C1OCCC1C. The van der Waals surface area contributed by atoms with Gasteiger partial charge in [0.2, 0.25) is 0 Å². The first-order valence-electron chi connectivity index (χ1n) is 7.14. The van der Waals surface area contributed by atoms with Gasteiger partial charge in [-0.3, -0.25) is 4.68 Å². The lowest BCUT2D eigenvalue weighted by Gasteiger charge is -2.27. The molecule has 1 aromatic rings. The molecule has 0 bridgehead atoms. The van der Waals surface area contributed by atoms with Gasteiger partial charge >= 0.3 is 0 Å². The lowest BCUT2D eigenvalue weighted by Crippen LogP contribution is -2.36. The second-order valence-corrected chi connectivity index (χ2v) is 5.12. The lowest BCUT2D eigenvalue weighted by molar-refractivity contribution is 0.0584. The molecule has 0 radical (unpaired) electrons. The maximum Gasteiger partial charge on any atom is 0.0811 e. The quantitative estimate of drug-likeness (QED) is 0.843. The highest BCUT2D eigenvalue weighted by molar-refractivity contribution is 5.10. The topological polar surface area (TPSA) is 39.1 Å². The number of likely N-dealkylation sites (N-methyl/N-ethyl adjacent to an activating group) is 1. The van der Waals surface area contributed by atoms with Crippen LogP contribution in [0.2, 0.25) is 0 Å². The Kier molecular flexibility index (Phi) is 4.78. The van der Waals surface area contributed by atoms with Crippen LogP contribution in [0.15, 0.2) is 12.3 Å².